The average Bonchev–Trinajstić information content (AvgIpc) is 3.43. The van der Waals surface area contributed by atoms with Crippen LogP contribution in [0.2, 0.25) is 0 Å². The van der Waals surface area contributed by atoms with E-state index in [1.165, 1.54) is 62.5 Å². The summed E-state index contributed by atoms with van der Waals surface area (Å²) in [7, 11) is 0. The number of hydrogen-bond donors (Lipinski definition) is 14. The lowest BCUT2D eigenvalue weighted by Crippen LogP contribution is -2.59. The van der Waals surface area contributed by atoms with Gasteiger partial charge in [-0.25, -0.2) is 0 Å². The van der Waals surface area contributed by atoms with Crippen molar-refractivity contribution in [3.63, 3.8) is 0 Å². The lowest BCUT2D eigenvalue weighted by atomic mass is 10.1. The maximum Gasteiger partial charge on any atom is 0.117 e. The number of nitrogens with zero attached hydrogens (tertiary/aromatic N) is 4. The molecule has 4 aliphatic rings. The Bertz CT molecular complexity index is 1110. The summed E-state index contributed by atoms with van der Waals surface area (Å²) in [6, 6.07) is 9.54. The molecule has 4 saturated heterocycles. The van der Waals surface area contributed by atoms with Crippen LogP contribution in [0.1, 0.15) is 88.2 Å². The van der Waals surface area contributed by atoms with Crippen molar-refractivity contribution in [3.05, 3.63) is 35.4 Å². The third-order valence-electron chi connectivity index (χ3n) is 14.5. The Kier molecular flexibility index (Phi) is 37.1. The first kappa shape index (κ1) is 61.4. The Morgan fingerprint density at radius 1 is 0.250 bits per heavy atom. The minimum atomic E-state index is 0.143. The molecule has 4 aliphatic heterocycles. The van der Waals surface area contributed by atoms with Gasteiger partial charge in [0.2, 0.25) is 0 Å². The zero-order valence-corrected chi connectivity index (χ0v) is 45.8. The van der Waals surface area contributed by atoms with Gasteiger partial charge in [-0.1, -0.05) is 24.3 Å². The molecule has 5 rings (SSSR count). The molecule has 14 N–H and O–H groups in total. The molecule has 418 valence electrons. The highest BCUT2D eigenvalue weighted by Gasteiger charge is 2.26. The van der Waals surface area contributed by atoms with Gasteiger partial charge in [0.25, 0.3) is 0 Å². The van der Waals surface area contributed by atoms with Gasteiger partial charge in [0.05, 0.1) is 0 Å². The van der Waals surface area contributed by atoms with Crippen LogP contribution >= 0.6 is 0 Å². The van der Waals surface area contributed by atoms with E-state index in [1.54, 1.807) is 0 Å². The van der Waals surface area contributed by atoms with Crippen molar-refractivity contribution in [3.8, 4) is 0 Å². The molecule has 0 atom stereocenters. The van der Waals surface area contributed by atoms with Gasteiger partial charge < -0.3 is 63.8 Å². The van der Waals surface area contributed by atoms with E-state index in [9.17, 15) is 0 Å². The van der Waals surface area contributed by atoms with E-state index in [4.69, 9.17) is 0 Å². The van der Waals surface area contributed by atoms with Crippen molar-refractivity contribution < 1.29 is 0 Å². The van der Waals surface area contributed by atoms with Crippen molar-refractivity contribution >= 4 is 0 Å². The van der Waals surface area contributed by atoms with Crippen LogP contribution in [-0.4, -0.2) is 242 Å². The second kappa shape index (κ2) is 43.6. The molecule has 72 heavy (non-hydrogen) atoms. The average molecular weight is 1010 g/mol. The number of hydrogen-bond acceptors (Lipinski definition) is 18. The molecule has 0 unspecified atom stereocenters. The summed E-state index contributed by atoms with van der Waals surface area (Å²) >= 11 is 0. The highest BCUT2D eigenvalue weighted by atomic mass is 15.5. The van der Waals surface area contributed by atoms with Gasteiger partial charge in [-0.2, -0.15) is 0 Å². The summed E-state index contributed by atoms with van der Waals surface area (Å²) in [4.78, 5) is 11.0. The van der Waals surface area contributed by atoms with E-state index in [0.717, 1.165) is 248 Å². The summed E-state index contributed by atoms with van der Waals surface area (Å²) in [5.74, 6) is 0. The van der Waals surface area contributed by atoms with Gasteiger partial charge in [0.15, 0.2) is 0 Å². The van der Waals surface area contributed by atoms with Crippen LogP contribution in [0.4, 0.5) is 0 Å². The predicted octanol–water partition coefficient (Wildman–Crippen LogP) is -0.548. The second-order valence-electron chi connectivity index (χ2n) is 20.7. The Labute approximate surface area is 440 Å². The Morgan fingerprint density at radius 3 is 0.639 bits per heavy atom. The summed E-state index contributed by atoms with van der Waals surface area (Å²) in [6.07, 6.45) is 14.2. The highest BCUT2D eigenvalue weighted by molar-refractivity contribution is 5.22. The first-order chi connectivity index (χ1) is 35.9. The van der Waals surface area contributed by atoms with Crippen molar-refractivity contribution in [2.24, 2.45) is 0 Å². The second-order valence-corrected chi connectivity index (χ2v) is 20.7. The van der Waals surface area contributed by atoms with E-state index in [-0.39, 0.29) is 12.6 Å². The van der Waals surface area contributed by atoms with Gasteiger partial charge in [-0.05, 0) is 219 Å². The molecule has 18 heteroatoms. The van der Waals surface area contributed by atoms with E-state index in [1.807, 2.05) is 0 Å². The molecular formula is C54H112N18. The van der Waals surface area contributed by atoms with Gasteiger partial charge in [-0.15, -0.1) is 0 Å². The van der Waals surface area contributed by atoms with E-state index < -0.39 is 0 Å². The smallest absolute Gasteiger partial charge is 0.117 e. The number of rotatable bonds is 10. The number of benzene rings is 1. The highest BCUT2D eigenvalue weighted by Crippen LogP contribution is 2.13. The SMILES string of the molecule is c1cc(CNC(N2CCCNCCCNCCCNCC2)N2CCCNCCCNCCCNCC2)ccc1CNC(N1CCCNCCCNCCCNCC1)N1CCCNCCCNCCCNCC1. The predicted molar refractivity (Wildman–Crippen MR) is 304 cm³/mol. The monoisotopic (exact) mass is 1010 g/mol. The summed E-state index contributed by atoms with van der Waals surface area (Å²) in [5.41, 5.74) is 2.69. The molecule has 0 aromatic heterocycles. The fraction of sp³-hybridized carbons (Fsp3) is 0.889. The first-order valence-corrected chi connectivity index (χ1v) is 29.9. The van der Waals surface area contributed by atoms with Crippen LogP contribution in [0.15, 0.2) is 24.3 Å². The van der Waals surface area contributed by atoms with Gasteiger partial charge in [0.1, 0.15) is 12.6 Å². The van der Waals surface area contributed by atoms with Crippen molar-refractivity contribution in [2.75, 3.05) is 209 Å². The maximum atomic E-state index is 4.18. The summed E-state index contributed by atoms with van der Waals surface area (Å²) in [5, 5.41) is 53.1. The molecule has 0 amide bonds. The summed E-state index contributed by atoms with van der Waals surface area (Å²) in [6.45, 7) is 35.5. The lowest BCUT2D eigenvalue weighted by molar-refractivity contribution is 0.0149. The van der Waals surface area contributed by atoms with Crippen molar-refractivity contribution in [2.45, 2.75) is 103 Å². The van der Waals surface area contributed by atoms with Crippen molar-refractivity contribution in [1.29, 1.82) is 0 Å². The quantitative estimate of drug-likeness (QED) is 0.144. The van der Waals surface area contributed by atoms with E-state index in [0.29, 0.717) is 0 Å². The molecule has 0 radical (unpaired) electrons. The van der Waals surface area contributed by atoms with Crippen LogP contribution in [0.5, 0.6) is 0 Å². The van der Waals surface area contributed by atoms with E-state index in [2.05, 4.69) is 118 Å². The zero-order valence-electron chi connectivity index (χ0n) is 45.8. The molecule has 0 spiro atoms. The third kappa shape index (κ3) is 29.7. The minimum Gasteiger partial charge on any atom is -0.317 e. The molecule has 1 aromatic carbocycles. The van der Waals surface area contributed by atoms with Gasteiger partial charge in [0, 0.05) is 91.6 Å². The lowest BCUT2D eigenvalue weighted by Gasteiger charge is -2.41. The normalized spacial score (nSPS) is 24.0. The summed E-state index contributed by atoms with van der Waals surface area (Å²) < 4.78 is 0. The Morgan fingerprint density at radius 2 is 0.431 bits per heavy atom. The minimum absolute atomic E-state index is 0.143. The number of nitrogens with one attached hydrogen (secondary N) is 14. The molecule has 4 heterocycles. The maximum absolute atomic E-state index is 4.18. The molecule has 4 fully saturated rings. The van der Waals surface area contributed by atoms with Crippen LogP contribution < -0.4 is 74.4 Å². The third-order valence-corrected chi connectivity index (χ3v) is 14.5. The van der Waals surface area contributed by atoms with E-state index >= 15 is 0 Å². The zero-order chi connectivity index (χ0) is 49.9. The fourth-order valence-corrected chi connectivity index (χ4v) is 10.3. The van der Waals surface area contributed by atoms with Crippen LogP contribution in [0, 0.1) is 0 Å². The molecular weight excluding hydrogens is 901 g/mol. The molecule has 1 aromatic rings. The molecule has 0 bridgehead atoms. The molecule has 0 aliphatic carbocycles. The first-order valence-electron chi connectivity index (χ1n) is 29.9. The Balaban J connectivity index is 1.30. The molecule has 0 saturated carbocycles. The Hall–Kier alpha value is -1.50. The van der Waals surface area contributed by atoms with Crippen molar-refractivity contribution in [1.82, 2.24) is 94.0 Å². The van der Waals surface area contributed by atoms with Gasteiger partial charge in [-0.3, -0.25) is 30.2 Å². The van der Waals surface area contributed by atoms with Crippen LogP contribution in [0.3, 0.4) is 0 Å². The largest absolute Gasteiger partial charge is 0.317 e. The van der Waals surface area contributed by atoms with Gasteiger partial charge >= 0.3 is 0 Å². The van der Waals surface area contributed by atoms with Crippen LogP contribution in [-0.2, 0) is 13.1 Å². The standard InChI is InChI=1S/C54H112N18/c1-17-55-21-5-29-63-37-45-69(41-9-33-59-25-1)53(70-42-10-34-60-26-2-18-56-22-6-30-64-38-46-70)67-49-51-13-15-52(16-14-51)50-68-54(71-43-11-35-61-27-3-19-57-23-7-31-65-39-47-71)72-44-12-36-62-28-4-20-58-24-8-32-66-40-48-72/h13-16,53-68H,1-12,17-50H2. The molecule has 18 nitrogen and oxygen atoms in total. The topological polar surface area (TPSA) is 181 Å². The fourth-order valence-electron chi connectivity index (χ4n) is 10.3. The van der Waals surface area contributed by atoms with Crippen LogP contribution in [0.25, 0.3) is 0 Å².